The molecule has 0 radical (unpaired) electrons. The number of ketones is 1. The molecule has 0 atom stereocenters. The minimum absolute atomic E-state index is 0.175. The van der Waals surface area contributed by atoms with E-state index < -0.39 is 0 Å². The van der Waals surface area contributed by atoms with Gasteiger partial charge in [0.1, 0.15) is 0 Å². The fourth-order valence-electron chi connectivity index (χ4n) is 3.58. The summed E-state index contributed by atoms with van der Waals surface area (Å²) in [7, 11) is 0. The zero-order valence-corrected chi connectivity index (χ0v) is 13.2. The molecule has 0 heterocycles. The average molecular weight is 298 g/mol. The fraction of sp³-hybridized carbons (Fsp3) is 0.136. The maximum Gasteiger partial charge on any atom is 0.189 e. The van der Waals surface area contributed by atoms with Crippen LogP contribution in [0.5, 0.6) is 0 Å². The number of rotatable bonds is 2. The Kier molecular flexibility index (Phi) is 3.34. The second kappa shape index (κ2) is 5.51. The molecule has 1 nitrogen and oxygen atoms in total. The molecule has 4 rings (SSSR count). The first-order valence-corrected chi connectivity index (χ1v) is 8.06. The Balaban J connectivity index is 1.86. The van der Waals surface area contributed by atoms with Gasteiger partial charge in [-0.1, -0.05) is 66.7 Å². The normalized spacial score (nSPS) is 14.0. The molecule has 23 heavy (non-hydrogen) atoms. The van der Waals surface area contributed by atoms with E-state index in [1.54, 1.807) is 0 Å². The van der Waals surface area contributed by atoms with E-state index in [1.807, 2.05) is 36.4 Å². The average Bonchev–Trinajstić information content (AvgIpc) is 2.61. The quantitative estimate of drug-likeness (QED) is 0.575. The molecular weight excluding hydrogens is 280 g/mol. The van der Waals surface area contributed by atoms with Gasteiger partial charge in [0.2, 0.25) is 0 Å². The van der Waals surface area contributed by atoms with E-state index in [0.29, 0.717) is 0 Å². The largest absolute Gasteiger partial charge is 0.289 e. The summed E-state index contributed by atoms with van der Waals surface area (Å²) in [6, 6.07) is 22.5. The molecule has 0 spiro atoms. The summed E-state index contributed by atoms with van der Waals surface area (Å²) in [5.74, 6) is 0.175. The minimum Gasteiger partial charge on any atom is -0.289 e. The number of benzene rings is 3. The number of Topliss-reactive ketones (excluding diaryl/α,β-unsaturated/α-hetero) is 1. The molecule has 0 fully saturated rings. The second-order valence-electron chi connectivity index (χ2n) is 6.12. The molecule has 0 aromatic heterocycles. The summed E-state index contributed by atoms with van der Waals surface area (Å²) in [6.45, 7) is 2.08. The van der Waals surface area contributed by atoms with E-state index in [-0.39, 0.29) is 5.78 Å². The summed E-state index contributed by atoms with van der Waals surface area (Å²) in [6.07, 6.45) is 1.77. The van der Waals surface area contributed by atoms with Gasteiger partial charge in [0, 0.05) is 11.1 Å². The lowest BCUT2D eigenvalue weighted by Crippen LogP contribution is -2.12. The lowest BCUT2D eigenvalue weighted by Gasteiger charge is -2.21. The predicted octanol–water partition coefficient (Wildman–Crippen LogP) is 5.44. The Morgan fingerprint density at radius 3 is 2.48 bits per heavy atom. The molecule has 0 unspecified atom stereocenters. The van der Waals surface area contributed by atoms with Crippen molar-refractivity contribution in [2.75, 3.05) is 0 Å². The highest BCUT2D eigenvalue weighted by Gasteiger charge is 2.22. The van der Waals surface area contributed by atoms with E-state index in [9.17, 15) is 4.79 Å². The highest BCUT2D eigenvalue weighted by atomic mass is 16.1. The lowest BCUT2D eigenvalue weighted by atomic mass is 9.82. The number of aryl methyl sites for hydroxylation is 1. The number of hydrogen-bond donors (Lipinski definition) is 0. The standard InChI is InChI=1S/C22H18O/c1-15-18-10-4-2-8-17(18)13-14-19(15)22(23)21-12-6-9-16-7-3-5-11-20(16)21/h2-12H,13-14H2,1H3. The molecule has 0 aliphatic heterocycles. The van der Waals surface area contributed by atoms with Crippen LogP contribution in [-0.4, -0.2) is 5.78 Å². The van der Waals surface area contributed by atoms with Crippen molar-refractivity contribution in [3.05, 3.63) is 89.0 Å². The highest BCUT2D eigenvalue weighted by molar-refractivity contribution is 6.19. The van der Waals surface area contributed by atoms with Crippen molar-refractivity contribution < 1.29 is 4.79 Å². The molecule has 1 aliphatic carbocycles. The van der Waals surface area contributed by atoms with Crippen LogP contribution < -0.4 is 0 Å². The number of carbonyl (C=O) groups excluding carboxylic acids is 1. The summed E-state index contributed by atoms with van der Waals surface area (Å²) in [4.78, 5) is 13.2. The van der Waals surface area contributed by atoms with Gasteiger partial charge in [-0.05, 0) is 47.2 Å². The number of hydrogen-bond acceptors (Lipinski definition) is 1. The van der Waals surface area contributed by atoms with Crippen molar-refractivity contribution in [1.29, 1.82) is 0 Å². The van der Waals surface area contributed by atoms with Crippen LogP contribution in [0.15, 0.2) is 72.3 Å². The SMILES string of the molecule is CC1=C(C(=O)c2cccc3ccccc23)CCc2ccccc21. The predicted molar refractivity (Wildman–Crippen MR) is 95.6 cm³/mol. The van der Waals surface area contributed by atoms with Crippen LogP contribution in [0, 0.1) is 0 Å². The van der Waals surface area contributed by atoms with Gasteiger partial charge in [-0.25, -0.2) is 0 Å². The Labute approximate surface area is 136 Å². The molecule has 0 saturated heterocycles. The first-order chi connectivity index (χ1) is 11.3. The van der Waals surface area contributed by atoms with Gasteiger partial charge in [0.25, 0.3) is 0 Å². The van der Waals surface area contributed by atoms with Crippen LogP contribution in [0.1, 0.15) is 34.8 Å². The molecule has 112 valence electrons. The van der Waals surface area contributed by atoms with Crippen LogP contribution in [0.2, 0.25) is 0 Å². The zero-order valence-electron chi connectivity index (χ0n) is 13.2. The fourth-order valence-corrected chi connectivity index (χ4v) is 3.58. The van der Waals surface area contributed by atoms with Crippen LogP contribution >= 0.6 is 0 Å². The second-order valence-corrected chi connectivity index (χ2v) is 6.12. The van der Waals surface area contributed by atoms with Gasteiger partial charge in [-0.15, -0.1) is 0 Å². The van der Waals surface area contributed by atoms with Gasteiger partial charge in [-0.3, -0.25) is 4.79 Å². The molecule has 1 heteroatoms. The van der Waals surface area contributed by atoms with Crippen molar-refractivity contribution in [3.8, 4) is 0 Å². The van der Waals surface area contributed by atoms with Gasteiger partial charge in [-0.2, -0.15) is 0 Å². The highest BCUT2D eigenvalue weighted by Crippen LogP contribution is 2.33. The van der Waals surface area contributed by atoms with Gasteiger partial charge in [0.15, 0.2) is 5.78 Å². The monoisotopic (exact) mass is 298 g/mol. The molecule has 1 aliphatic rings. The van der Waals surface area contributed by atoms with Gasteiger partial charge < -0.3 is 0 Å². The van der Waals surface area contributed by atoms with Crippen molar-refractivity contribution in [1.82, 2.24) is 0 Å². The first kappa shape index (κ1) is 14.0. The summed E-state index contributed by atoms with van der Waals surface area (Å²) in [5.41, 5.74) is 5.48. The van der Waals surface area contributed by atoms with Crippen LogP contribution in [-0.2, 0) is 6.42 Å². The van der Waals surface area contributed by atoms with E-state index in [1.165, 1.54) is 11.1 Å². The molecule has 3 aromatic rings. The van der Waals surface area contributed by atoms with E-state index in [0.717, 1.165) is 40.3 Å². The Hall–Kier alpha value is -2.67. The molecule has 3 aromatic carbocycles. The van der Waals surface area contributed by atoms with E-state index >= 15 is 0 Å². The van der Waals surface area contributed by atoms with Crippen molar-refractivity contribution in [3.63, 3.8) is 0 Å². The third-order valence-corrected chi connectivity index (χ3v) is 4.83. The summed E-state index contributed by atoms with van der Waals surface area (Å²) >= 11 is 0. The van der Waals surface area contributed by atoms with Crippen molar-refractivity contribution in [2.24, 2.45) is 0 Å². The maximum absolute atomic E-state index is 13.2. The van der Waals surface area contributed by atoms with Crippen LogP contribution in [0.3, 0.4) is 0 Å². The van der Waals surface area contributed by atoms with Crippen molar-refractivity contribution >= 4 is 22.1 Å². The molecule has 0 amide bonds. The number of fused-ring (bicyclic) bond motifs is 2. The molecule has 0 N–H and O–H groups in total. The zero-order chi connectivity index (χ0) is 15.8. The van der Waals surface area contributed by atoms with Gasteiger partial charge >= 0.3 is 0 Å². The topological polar surface area (TPSA) is 17.1 Å². The number of allylic oxidation sites excluding steroid dienone is 2. The Bertz CT molecular complexity index is 942. The smallest absolute Gasteiger partial charge is 0.189 e. The lowest BCUT2D eigenvalue weighted by molar-refractivity contribution is 0.103. The Morgan fingerprint density at radius 1 is 0.826 bits per heavy atom. The molecule has 0 bridgehead atoms. The van der Waals surface area contributed by atoms with Crippen LogP contribution in [0.4, 0.5) is 0 Å². The Morgan fingerprint density at radius 2 is 1.57 bits per heavy atom. The maximum atomic E-state index is 13.2. The minimum atomic E-state index is 0.175. The van der Waals surface area contributed by atoms with E-state index in [2.05, 4.69) is 37.3 Å². The van der Waals surface area contributed by atoms with E-state index in [4.69, 9.17) is 0 Å². The molecular formula is C22H18O. The third kappa shape index (κ3) is 2.29. The van der Waals surface area contributed by atoms with Crippen LogP contribution in [0.25, 0.3) is 16.3 Å². The van der Waals surface area contributed by atoms with Crippen molar-refractivity contribution in [2.45, 2.75) is 19.8 Å². The summed E-state index contributed by atoms with van der Waals surface area (Å²) < 4.78 is 0. The van der Waals surface area contributed by atoms with Gasteiger partial charge in [0.05, 0.1) is 0 Å². The third-order valence-electron chi connectivity index (χ3n) is 4.83. The molecule has 0 saturated carbocycles. The summed E-state index contributed by atoms with van der Waals surface area (Å²) in [5, 5.41) is 2.16. The first-order valence-electron chi connectivity index (χ1n) is 8.06. The number of carbonyl (C=O) groups is 1.